The van der Waals surface area contributed by atoms with Crippen LogP contribution in [0.1, 0.15) is 23.7 Å². The average Bonchev–Trinajstić information content (AvgIpc) is 3.36. The molecule has 0 unspecified atom stereocenters. The van der Waals surface area contributed by atoms with Gasteiger partial charge in [-0.1, -0.05) is 12.1 Å². The van der Waals surface area contributed by atoms with Crippen molar-refractivity contribution in [2.24, 2.45) is 0 Å². The molecule has 27 heavy (non-hydrogen) atoms. The summed E-state index contributed by atoms with van der Waals surface area (Å²) in [6.07, 6.45) is 7.78. The largest absolute Gasteiger partial charge is 0.371 e. The molecule has 0 bridgehead atoms. The van der Waals surface area contributed by atoms with Crippen molar-refractivity contribution in [2.75, 3.05) is 11.9 Å². The van der Waals surface area contributed by atoms with E-state index in [9.17, 15) is 4.79 Å². The Balaban J connectivity index is 1.33. The Bertz CT molecular complexity index is 865. The smallest absolute Gasteiger partial charge is 0.319 e. The van der Waals surface area contributed by atoms with Gasteiger partial charge in [0.05, 0.1) is 12.6 Å². The topological polar surface area (TPSA) is 81.1 Å². The van der Waals surface area contributed by atoms with Crippen molar-refractivity contribution in [1.82, 2.24) is 20.1 Å². The van der Waals surface area contributed by atoms with Crippen LogP contribution in [-0.4, -0.2) is 33.4 Å². The van der Waals surface area contributed by atoms with E-state index in [1.165, 1.54) is 0 Å². The molecule has 1 aliphatic rings. The second-order valence-corrected chi connectivity index (χ2v) is 6.47. The van der Waals surface area contributed by atoms with Gasteiger partial charge in [-0.05, 0) is 47.9 Å². The molecule has 0 radical (unpaired) electrons. The van der Waals surface area contributed by atoms with Crippen molar-refractivity contribution < 1.29 is 9.53 Å². The summed E-state index contributed by atoms with van der Waals surface area (Å²) in [5.41, 5.74) is 2.89. The molecule has 1 fully saturated rings. The van der Waals surface area contributed by atoms with Gasteiger partial charge in [-0.3, -0.25) is 9.67 Å². The van der Waals surface area contributed by atoms with E-state index in [1.807, 2.05) is 53.3 Å². The number of pyridine rings is 1. The van der Waals surface area contributed by atoms with E-state index in [1.54, 1.807) is 18.6 Å². The number of nitrogens with zero attached hydrogens (tertiary/aromatic N) is 3. The van der Waals surface area contributed by atoms with Crippen molar-refractivity contribution in [2.45, 2.75) is 25.1 Å². The van der Waals surface area contributed by atoms with Crippen molar-refractivity contribution in [1.29, 1.82) is 0 Å². The highest BCUT2D eigenvalue weighted by Crippen LogP contribution is 2.28. The number of urea groups is 1. The van der Waals surface area contributed by atoms with Crippen LogP contribution in [0.15, 0.2) is 67.3 Å². The zero-order chi connectivity index (χ0) is 18.5. The van der Waals surface area contributed by atoms with Gasteiger partial charge in [-0.2, -0.15) is 5.10 Å². The molecule has 1 aliphatic heterocycles. The minimum atomic E-state index is -0.232. The summed E-state index contributed by atoms with van der Waals surface area (Å²) in [6, 6.07) is 13.2. The Morgan fingerprint density at radius 2 is 1.96 bits per heavy atom. The Morgan fingerprint density at radius 3 is 2.70 bits per heavy atom. The lowest BCUT2D eigenvalue weighted by Crippen LogP contribution is -2.39. The minimum absolute atomic E-state index is 0.0634. The predicted molar refractivity (Wildman–Crippen MR) is 101 cm³/mol. The zero-order valence-electron chi connectivity index (χ0n) is 14.8. The highest BCUT2D eigenvalue weighted by Gasteiger charge is 2.30. The molecule has 138 valence electrons. The lowest BCUT2D eigenvalue weighted by molar-refractivity contribution is 0.100. The van der Waals surface area contributed by atoms with E-state index in [4.69, 9.17) is 4.74 Å². The number of hydrogen-bond acceptors (Lipinski definition) is 4. The van der Waals surface area contributed by atoms with Crippen LogP contribution in [0.5, 0.6) is 0 Å². The van der Waals surface area contributed by atoms with Gasteiger partial charge in [0, 0.05) is 37.1 Å². The van der Waals surface area contributed by atoms with Crippen LogP contribution >= 0.6 is 0 Å². The third-order valence-corrected chi connectivity index (χ3v) is 4.56. The maximum absolute atomic E-state index is 12.4. The standard InChI is InChI=1S/C20H21N5O2/c26-20(24-18-8-13-27-19(18)16-6-10-21-11-7-16)23-17-4-2-15(3-5-17)14-25-12-1-9-22-25/h1-7,9-12,18-19H,8,13-14H2,(H2,23,24,26)/t18-,19+/m1/s1. The molecule has 2 atom stereocenters. The molecule has 2 amide bonds. The van der Waals surface area contributed by atoms with Gasteiger partial charge < -0.3 is 15.4 Å². The fourth-order valence-corrected chi connectivity index (χ4v) is 3.23. The quantitative estimate of drug-likeness (QED) is 0.730. The fraction of sp³-hybridized carbons (Fsp3) is 0.250. The first-order chi connectivity index (χ1) is 13.3. The molecule has 7 heteroatoms. The molecule has 0 spiro atoms. The summed E-state index contributed by atoms with van der Waals surface area (Å²) in [7, 11) is 0. The van der Waals surface area contributed by atoms with E-state index in [0.717, 1.165) is 23.2 Å². The number of nitrogens with one attached hydrogen (secondary N) is 2. The lowest BCUT2D eigenvalue weighted by Gasteiger charge is -2.20. The van der Waals surface area contributed by atoms with Gasteiger partial charge in [-0.15, -0.1) is 0 Å². The van der Waals surface area contributed by atoms with Gasteiger partial charge in [0.2, 0.25) is 0 Å². The Hall–Kier alpha value is -3.19. The van der Waals surface area contributed by atoms with Crippen LogP contribution in [0.2, 0.25) is 0 Å². The first-order valence-corrected chi connectivity index (χ1v) is 8.93. The monoisotopic (exact) mass is 363 g/mol. The van der Waals surface area contributed by atoms with Crippen molar-refractivity contribution in [3.8, 4) is 0 Å². The van der Waals surface area contributed by atoms with E-state index in [2.05, 4.69) is 20.7 Å². The number of carbonyl (C=O) groups excluding carboxylic acids is 1. The van der Waals surface area contributed by atoms with Crippen LogP contribution in [0, 0.1) is 0 Å². The number of benzene rings is 1. The van der Waals surface area contributed by atoms with Crippen molar-refractivity contribution in [3.63, 3.8) is 0 Å². The molecule has 7 nitrogen and oxygen atoms in total. The SMILES string of the molecule is O=C(Nc1ccc(Cn2cccn2)cc1)N[C@@H]1CCO[C@H]1c1ccncc1. The molecule has 2 N–H and O–H groups in total. The number of carbonyl (C=O) groups is 1. The Morgan fingerprint density at radius 1 is 1.15 bits per heavy atom. The van der Waals surface area contributed by atoms with Crippen LogP contribution in [0.3, 0.4) is 0 Å². The first kappa shape index (κ1) is 17.2. The van der Waals surface area contributed by atoms with Crippen LogP contribution in [0.4, 0.5) is 10.5 Å². The summed E-state index contributed by atoms with van der Waals surface area (Å²) < 4.78 is 7.65. The number of amides is 2. The fourth-order valence-electron chi connectivity index (χ4n) is 3.23. The summed E-state index contributed by atoms with van der Waals surface area (Å²) in [4.78, 5) is 16.4. The molecule has 2 aromatic heterocycles. The summed E-state index contributed by atoms with van der Waals surface area (Å²) >= 11 is 0. The van der Waals surface area contributed by atoms with Crippen molar-refractivity contribution in [3.05, 3.63) is 78.4 Å². The maximum Gasteiger partial charge on any atom is 0.319 e. The molecule has 3 aromatic rings. The highest BCUT2D eigenvalue weighted by atomic mass is 16.5. The molecular weight excluding hydrogens is 342 g/mol. The number of ether oxygens (including phenoxy) is 1. The van der Waals surface area contributed by atoms with Gasteiger partial charge in [0.25, 0.3) is 0 Å². The van der Waals surface area contributed by atoms with Crippen LogP contribution in [0.25, 0.3) is 0 Å². The lowest BCUT2D eigenvalue weighted by atomic mass is 10.0. The number of hydrogen-bond donors (Lipinski definition) is 2. The normalized spacial score (nSPS) is 19.0. The van der Waals surface area contributed by atoms with Crippen LogP contribution < -0.4 is 10.6 Å². The molecule has 0 aliphatic carbocycles. The number of aromatic nitrogens is 3. The van der Waals surface area contributed by atoms with Crippen LogP contribution in [-0.2, 0) is 11.3 Å². The second-order valence-electron chi connectivity index (χ2n) is 6.47. The molecule has 1 aromatic carbocycles. The van der Waals surface area contributed by atoms with Gasteiger partial charge in [0.15, 0.2) is 0 Å². The third-order valence-electron chi connectivity index (χ3n) is 4.56. The minimum Gasteiger partial charge on any atom is -0.371 e. The molecule has 1 saturated heterocycles. The molecular formula is C20H21N5O2. The summed E-state index contributed by atoms with van der Waals surface area (Å²) in [5, 5.41) is 10.1. The summed E-state index contributed by atoms with van der Waals surface area (Å²) in [6.45, 7) is 1.33. The third kappa shape index (κ3) is 4.32. The first-order valence-electron chi connectivity index (χ1n) is 8.93. The Kier molecular flexibility index (Phi) is 5.11. The molecule has 3 heterocycles. The second kappa shape index (κ2) is 8.01. The Labute approximate surface area is 157 Å². The molecule has 4 rings (SSSR count). The van der Waals surface area contributed by atoms with Gasteiger partial charge in [0.1, 0.15) is 6.10 Å². The van der Waals surface area contributed by atoms with Crippen molar-refractivity contribution >= 4 is 11.7 Å². The maximum atomic E-state index is 12.4. The zero-order valence-corrected chi connectivity index (χ0v) is 14.8. The van der Waals surface area contributed by atoms with E-state index in [0.29, 0.717) is 13.2 Å². The van der Waals surface area contributed by atoms with E-state index < -0.39 is 0 Å². The molecule has 0 saturated carbocycles. The van der Waals surface area contributed by atoms with E-state index >= 15 is 0 Å². The van der Waals surface area contributed by atoms with E-state index in [-0.39, 0.29) is 18.2 Å². The average molecular weight is 363 g/mol. The predicted octanol–water partition coefficient (Wildman–Crippen LogP) is 2.98. The number of anilines is 1. The van der Waals surface area contributed by atoms with Gasteiger partial charge >= 0.3 is 6.03 Å². The highest BCUT2D eigenvalue weighted by molar-refractivity contribution is 5.89. The summed E-state index contributed by atoms with van der Waals surface area (Å²) in [5.74, 6) is 0. The number of rotatable bonds is 5. The van der Waals surface area contributed by atoms with Gasteiger partial charge in [-0.25, -0.2) is 4.79 Å².